The van der Waals surface area contributed by atoms with E-state index in [1.807, 2.05) is 25.1 Å². The lowest BCUT2D eigenvalue weighted by Gasteiger charge is -2.08. The van der Waals surface area contributed by atoms with Crippen molar-refractivity contribution in [2.75, 3.05) is 0 Å². The van der Waals surface area contributed by atoms with Crippen molar-refractivity contribution in [2.24, 2.45) is 5.73 Å². The third-order valence-electron chi connectivity index (χ3n) is 2.38. The van der Waals surface area contributed by atoms with Crippen LogP contribution < -0.4 is 5.73 Å². The number of aryl methyl sites for hydroxylation is 2. The lowest BCUT2D eigenvalue weighted by Crippen LogP contribution is -2.13. The van der Waals surface area contributed by atoms with Gasteiger partial charge in [0.2, 0.25) is 5.89 Å². The number of aromatic nitrogens is 2. The Balaban J connectivity index is 2.33. The second-order valence-electron chi connectivity index (χ2n) is 3.66. The fourth-order valence-electron chi connectivity index (χ4n) is 1.39. The molecule has 1 aromatic heterocycles. The molecule has 16 heavy (non-hydrogen) atoms. The maximum absolute atomic E-state index is 6.04. The predicted octanol–water partition coefficient (Wildman–Crippen LogP) is 2.50. The molecule has 2 aromatic rings. The zero-order valence-corrected chi connectivity index (χ0v) is 10.7. The molecule has 1 atom stereocenters. The van der Waals surface area contributed by atoms with E-state index < -0.39 is 0 Å². The first kappa shape index (κ1) is 11.3. The second kappa shape index (κ2) is 4.35. The number of nitrogens with zero attached hydrogens (tertiary/aromatic N) is 2. The molecule has 0 aliphatic rings. The van der Waals surface area contributed by atoms with Crippen LogP contribution in [-0.2, 0) is 0 Å². The molecule has 1 unspecified atom stereocenters. The smallest absolute Gasteiger partial charge is 0.223 e. The van der Waals surface area contributed by atoms with Gasteiger partial charge in [0.05, 0.1) is 6.04 Å². The summed E-state index contributed by atoms with van der Waals surface area (Å²) < 4.78 is 5.94. The average Bonchev–Trinajstić information content (AvgIpc) is 2.68. The van der Waals surface area contributed by atoms with Gasteiger partial charge >= 0.3 is 0 Å². The molecule has 1 heterocycles. The average molecular weight is 282 g/mol. The van der Waals surface area contributed by atoms with E-state index in [0.29, 0.717) is 11.7 Å². The second-order valence-corrected chi connectivity index (χ2v) is 4.51. The molecule has 2 rings (SSSR count). The van der Waals surface area contributed by atoms with Gasteiger partial charge in [-0.1, -0.05) is 33.2 Å². The number of hydrogen-bond acceptors (Lipinski definition) is 4. The summed E-state index contributed by atoms with van der Waals surface area (Å²) >= 11 is 3.47. The standard InChI is InChI=1S/C11H12BrN3O/c1-6-3-4-8(5-9(6)12)10(13)11-14-7(2)16-15-11/h3-5,10H,13H2,1-2H3. The number of hydrogen-bond donors (Lipinski definition) is 1. The van der Waals surface area contributed by atoms with Crippen LogP contribution in [0.15, 0.2) is 27.2 Å². The van der Waals surface area contributed by atoms with Gasteiger partial charge in [-0.05, 0) is 24.1 Å². The monoisotopic (exact) mass is 281 g/mol. The van der Waals surface area contributed by atoms with Gasteiger partial charge in [0.1, 0.15) is 0 Å². The van der Waals surface area contributed by atoms with Crippen LogP contribution >= 0.6 is 15.9 Å². The predicted molar refractivity (Wildman–Crippen MR) is 63.9 cm³/mol. The van der Waals surface area contributed by atoms with Gasteiger partial charge in [-0.3, -0.25) is 0 Å². The fraction of sp³-hybridized carbons (Fsp3) is 0.273. The summed E-state index contributed by atoms with van der Waals surface area (Å²) in [6.45, 7) is 3.77. The van der Waals surface area contributed by atoms with Crippen LogP contribution in [0.5, 0.6) is 0 Å². The third-order valence-corrected chi connectivity index (χ3v) is 3.23. The first-order chi connectivity index (χ1) is 7.58. The van der Waals surface area contributed by atoms with E-state index >= 15 is 0 Å². The molecule has 4 nitrogen and oxygen atoms in total. The molecule has 0 radical (unpaired) electrons. The molecular weight excluding hydrogens is 270 g/mol. The lowest BCUT2D eigenvalue weighted by atomic mass is 10.1. The van der Waals surface area contributed by atoms with Crippen LogP contribution in [-0.4, -0.2) is 10.1 Å². The molecule has 0 aliphatic heterocycles. The van der Waals surface area contributed by atoms with Crippen molar-refractivity contribution >= 4 is 15.9 Å². The van der Waals surface area contributed by atoms with Crippen LogP contribution in [0.1, 0.15) is 28.9 Å². The minimum atomic E-state index is -0.352. The maximum Gasteiger partial charge on any atom is 0.223 e. The molecule has 2 N–H and O–H groups in total. The minimum absolute atomic E-state index is 0.352. The Morgan fingerprint density at radius 3 is 2.69 bits per heavy atom. The third kappa shape index (κ3) is 2.15. The van der Waals surface area contributed by atoms with Crippen molar-refractivity contribution in [3.05, 3.63) is 45.5 Å². The van der Waals surface area contributed by atoms with Gasteiger partial charge in [0.25, 0.3) is 0 Å². The highest BCUT2D eigenvalue weighted by atomic mass is 79.9. The summed E-state index contributed by atoms with van der Waals surface area (Å²) in [6, 6.07) is 5.60. The molecule has 84 valence electrons. The van der Waals surface area contributed by atoms with Gasteiger partial charge in [-0.25, -0.2) is 0 Å². The Hall–Kier alpha value is -1.20. The van der Waals surface area contributed by atoms with Gasteiger partial charge in [0.15, 0.2) is 5.82 Å². The molecule has 0 fully saturated rings. The van der Waals surface area contributed by atoms with E-state index in [4.69, 9.17) is 10.3 Å². The van der Waals surface area contributed by atoms with Crippen molar-refractivity contribution < 1.29 is 4.52 Å². The van der Waals surface area contributed by atoms with Crippen molar-refractivity contribution in [1.29, 1.82) is 0 Å². The summed E-state index contributed by atoms with van der Waals surface area (Å²) in [7, 11) is 0. The number of nitrogens with two attached hydrogens (primary N) is 1. The van der Waals surface area contributed by atoms with Crippen LogP contribution in [0.25, 0.3) is 0 Å². The number of rotatable bonds is 2. The number of halogens is 1. The van der Waals surface area contributed by atoms with Crippen molar-refractivity contribution in [3.63, 3.8) is 0 Å². The highest BCUT2D eigenvalue weighted by Crippen LogP contribution is 2.23. The van der Waals surface area contributed by atoms with Crippen LogP contribution in [0, 0.1) is 13.8 Å². The fourth-order valence-corrected chi connectivity index (χ4v) is 1.79. The van der Waals surface area contributed by atoms with Gasteiger partial charge < -0.3 is 10.3 Å². The Kier molecular flexibility index (Phi) is 3.07. The Bertz CT molecular complexity index is 510. The molecule has 5 heteroatoms. The quantitative estimate of drug-likeness (QED) is 0.919. The SMILES string of the molecule is Cc1nc(C(N)c2ccc(C)c(Br)c2)no1. The van der Waals surface area contributed by atoms with E-state index in [-0.39, 0.29) is 6.04 Å². The minimum Gasteiger partial charge on any atom is -0.340 e. The Morgan fingerprint density at radius 1 is 1.38 bits per heavy atom. The number of benzene rings is 1. The lowest BCUT2D eigenvalue weighted by molar-refractivity contribution is 0.385. The Morgan fingerprint density at radius 2 is 2.12 bits per heavy atom. The van der Waals surface area contributed by atoms with Crippen LogP contribution in [0.2, 0.25) is 0 Å². The van der Waals surface area contributed by atoms with Crippen LogP contribution in [0.4, 0.5) is 0 Å². The zero-order chi connectivity index (χ0) is 11.7. The molecule has 0 saturated heterocycles. The highest BCUT2D eigenvalue weighted by Gasteiger charge is 2.15. The van der Waals surface area contributed by atoms with E-state index in [1.54, 1.807) is 6.92 Å². The molecule has 0 spiro atoms. The highest BCUT2D eigenvalue weighted by molar-refractivity contribution is 9.10. The molecule has 0 aliphatic carbocycles. The normalized spacial score (nSPS) is 12.8. The van der Waals surface area contributed by atoms with Gasteiger partial charge in [0, 0.05) is 11.4 Å². The summed E-state index contributed by atoms with van der Waals surface area (Å²) in [5.74, 6) is 1.03. The van der Waals surface area contributed by atoms with E-state index in [2.05, 4.69) is 26.1 Å². The van der Waals surface area contributed by atoms with E-state index in [9.17, 15) is 0 Å². The van der Waals surface area contributed by atoms with Crippen molar-refractivity contribution in [3.8, 4) is 0 Å². The van der Waals surface area contributed by atoms with Gasteiger partial charge in [-0.2, -0.15) is 4.98 Å². The summed E-state index contributed by atoms with van der Waals surface area (Å²) in [4.78, 5) is 4.12. The molecular formula is C11H12BrN3O. The van der Waals surface area contributed by atoms with Crippen molar-refractivity contribution in [1.82, 2.24) is 10.1 Å². The van der Waals surface area contributed by atoms with E-state index in [0.717, 1.165) is 10.0 Å². The maximum atomic E-state index is 6.04. The molecule has 0 bridgehead atoms. The molecule has 0 saturated carbocycles. The molecule has 0 amide bonds. The summed E-state index contributed by atoms with van der Waals surface area (Å²) in [6.07, 6.45) is 0. The summed E-state index contributed by atoms with van der Waals surface area (Å²) in [5, 5.41) is 3.82. The zero-order valence-electron chi connectivity index (χ0n) is 9.07. The first-order valence-corrected chi connectivity index (χ1v) is 5.69. The van der Waals surface area contributed by atoms with Crippen LogP contribution in [0.3, 0.4) is 0 Å². The molecule has 1 aromatic carbocycles. The van der Waals surface area contributed by atoms with Crippen molar-refractivity contribution in [2.45, 2.75) is 19.9 Å². The summed E-state index contributed by atoms with van der Waals surface area (Å²) in [5.41, 5.74) is 8.17. The van der Waals surface area contributed by atoms with Gasteiger partial charge in [-0.15, -0.1) is 0 Å². The largest absolute Gasteiger partial charge is 0.340 e. The Labute approximate surface area is 102 Å². The van der Waals surface area contributed by atoms with E-state index in [1.165, 1.54) is 5.56 Å². The first-order valence-electron chi connectivity index (χ1n) is 4.90. The topological polar surface area (TPSA) is 64.9 Å².